The lowest BCUT2D eigenvalue weighted by molar-refractivity contribution is -0.137. The van der Waals surface area contributed by atoms with Crippen LogP contribution in [-0.2, 0) is 4.79 Å². The molecule has 1 heterocycles. The Morgan fingerprint density at radius 3 is 2.60 bits per heavy atom. The van der Waals surface area contributed by atoms with Gasteiger partial charge in [0.15, 0.2) is 0 Å². The van der Waals surface area contributed by atoms with E-state index in [2.05, 4.69) is 5.32 Å². The highest BCUT2D eigenvalue weighted by Crippen LogP contribution is 2.20. The topological polar surface area (TPSA) is 89.9 Å². The lowest BCUT2D eigenvalue weighted by atomic mass is 9.99. The van der Waals surface area contributed by atoms with Crippen molar-refractivity contribution in [1.29, 1.82) is 0 Å². The molecule has 0 aromatic rings. The summed E-state index contributed by atoms with van der Waals surface area (Å²) in [5.74, 6) is -0.842. The standard InChI is InChI=1S/C14H26N2O4/c1-10(2)12(9-13(18)19)15-14(20)16-7-4-3-5-11(16)6-8-17/h10-12,17H,3-9H2,1-2H3,(H,15,20)(H,18,19). The lowest BCUT2D eigenvalue weighted by Crippen LogP contribution is -2.52. The number of nitrogens with one attached hydrogen (secondary N) is 1. The van der Waals surface area contributed by atoms with Crippen molar-refractivity contribution >= 4 is 12.0 Å². The van der Waals surface area contributed by atoms with E-state index in [1.54, 1.807) is 4.90 Å². The maximum atomic E-state index is 12.3. The zero-order valence-corrected chi connectivity index (χ0v) is 12.3. The Bertz CT molecular complexity index is 331. The third-order valence-electron chi connectivity index (χ3n) is 3.86. The molecule has 116 valence electrons. The van der Waals surface area contributed by atoms with E-state index in [9.17, 15) is 9.59 Å². The first-order valence-corrected chi connectivity index (χ1v) is 7.35. The van der Waals surface area contributed by atoms with Gasteiger partial charge in [-0.2, -0.15) is 0 Å². The molecule has 0 saturated carbocycles. The minimum atomic E-state index is -0.908. The molecule has 0 aliphatic carbocycles. The molecule has 1 aliphatic heterocycles. The monoisotopic (exact) mass is 286 g/mol. The van der Waals surface area contributed by atoms with Crippen molar-refractivity contribution in [3.8, 4) is 0 Å². The number of aliphatic hydroxyl groups is 1. The van der Waals surface area contributed by atoms with Crippen LogP contribution in [0.3, 0.4) is 0 Å². The van der Waals surface area contributed by atoms with E-state index in [0.717, 1.165) is 19.3 Å². The predicted octanol–water partition coefficient (Wildman–Crippen LogP) is 1.43. The SMILES string of the molecule is CC(C)C(CC(=O)O)NC(=O)N1CCCCC1CCO. The number of nitrogens with zero attached hydrogens (tertiary/aromatic N) is 1. The summed E-state index contributed by atoms with van der Waals surface area (Å²) in [6.45, 7) is 4.54. The first-order valence-electron chi connectivity index (χ1n) is 7.35. The first-order chi connectivity index (χ1) is 9.45. The highest BCUT2D eigenvalue weighted by Gasteiger charge is 2.28. The van der Waals surface area contributed by atoms with Gasteiger partial charge in [0, 0.05) is 25.2 Å². The van der Waals surface area contributed by atoms with Gasteiger partial charge in [-0.05, 0) is 31.6 Å². The molecule has 1 fully saturated rings. The quantitative estimate of drug-likeness (QED) is 0.689. The van der Waals surface area contributed by atoms with Crippen LogP contribution in [0.2, 0.25) is 0 Å². The number of carboxylic acids is 1. The summed E-state index contributed by atoms with van der Waals surface area (Å²) in [6, 6.07) is -0.508. The molecule has 1 aliphatic rings. The second-order valence-corrected chi connectivity index (χ2v) is 5.75. The maximum absolute atomic E-state index is 12.3. The molecule has 0 aromatic heterocycles. The normalized spacial score (nSPS) is 20.8. The fourth-order valence-electron chi connectivity index (χ4n) is 2.60. The summed E-state index contributed by atoms with van der Waals surface area (Å²) in [5.41, 5.74) is 0. The van der Waals surface area contributed by atoms with E-state index >= 15 is 0 Å². The summed E-state index contributed by atoms with van der Waals surface area (Å²) in [6.07, 6.45) is 3.44. The highest BCUT2D eigenvalue weighted by molar-refractivity contribution is 5.76. The van der Waals surface area contributed by atoms with Crippen molar-refractivity contribution in [3.05, 3.63) is 0 Å². The van der Waals surface area contributed by atoms with Gasteiger partial charge >= 0.3 is 12.0 Å². The van der Waals surface area contributed by atoms with E-state index in [4.69, 9.17) is 10.2 Å². The third-order valence-corrected chi connectivity index (χ3v) is 3.86. The fraction of sp³-hybridized carbons (Fsp3) is 0.857. The number of rotatable bonds is 6. The molecular weight excluding hydrogens is 260 g/mol. The van der Waals surface area contributed by atoms with Crippen LogP contribution >= 0.6 is 0 Å². The Labute approximate surface area is 120 Å². The molecule has 2 atom stereocenters. The summed E-state index contributed by atoms with van der Waals surface area (Å²) < 4.78 is 0. The molecule has 2 amide bonds. The third kappa shape index (κ3) is 5.00. The zero-order chi connectivity index (χ0) is 15.1. The van der Waals surface area contributed by atoms with Crippen LogP contribution in [0.4, 0.5) is 4.79 Å². The number of piperidine rings is 1. The van der Waals surface area contributed by atoms with Crippen LogP contribution in [0.15, 0.2) is 0 Å². The number of aliphatic hydroxyl groups excluding tert-OH is 1. The van der Waals surface area contributed by atoms with Gasteiger partial charge in [0.25, 0.3) is 0 Å². The Hall–Kier alpha value is -1.30. The Balaban J connectivity index is 2.63. The molecule has 3 N–H and O–H groups in total. The molecule has 2 unspecified atom stereocenters. The van der Waals surface area contributed by atoms with Gasteiger partial charge in [-0.25, -0.2) is 4.79 Å². The number of hydrogen-bond donors (Lipinski definition) is 3. The number of aliphatic carboxylic acids is 1. The smallest absolute Gasteiger partial charge is 0.317 e. The molecule has 6 nitrogen and oxygen atoms in total. The van der Waals surface area contributed by atoms with Crippen molar-refractivity contribution in [2.24, 2.45) is 5.92 Å². The Kier molecular flexibility index (Phi) is 6.78. The molecule has 20 heavy (non-hydrogen) atoms. The van der Waals surface area contributed by atoms with Gasteiger partial charge in [-0.3, -0.25) is 4.79 Å². The molecule has 0 spiro atoms. The number of carbonyl (C=O) groups is 2. The number of carbonyl (C=O) groups excluding carboxylic acids is 1. The second kappa shape index (κ2) is 8.09. The number of urea groups is 1. The largest absolute Gasteiger partial charge is 0.481 e. The number of amides is 2. The molecule has 6 heteroatoms. The van der Waals surface area contributed by atoms with E-state index in [1.165, 1.54) is 0 Å². The van der Waals surface area contributed by atoms with Crippen LogP contribution in [-0.4, -0.2) is 52.3 Å². The average Bonchev–Trinajstić information content (AvgIpc) is 2.38. The minimum absolute atomic E-state index is 0.0615. The molecular formula is C14H26N2O4. The van der Waals surface area contributed by atoms with Crippen molar-refractivity contribution in [2.45, 2.75) is 58.0 Å². The van der Waals surface area contributed by atoms with E-state index in [0.29, 0.717) is 13.0 Å². The number of likely N-dealkylation sites (tertiary alicyclic amines) is 1. The van der Waals surface area contributed by atoms with Crippen LogP contribution in [0.25, 0.3) is 0 Å². The van der Waals surface area contributed by atoms with Crippen LogP contribution in [0.1, 0.15) is 46.0 Å². The summed E-state index contributed by atoms with van der Waals surface area (Å²) in [7, 11) is 0. The lowest BCUT2D eigenvalue weighted by Gasteiger charge is -2.37. The van der Waals surface area contributed by atoms with Crippen molar-refractivity contribution < 1.29 is 19.8 Å². The fourth-order valence-corrected chi connectivity index (χ4v) is 2.60. The van der Waals surface area contributed by atoms with Crippen LogP contribution in [0.5, 0.6) is 0 Å². The number of carboxylic acid groups (broad SMARTS) is 1. The minimum Gasteiger partial charge on any atom is -0.481 e. The van der Waals surface area contributed by atoms with Crippen molar-refractivity contribution in [3.63, 3.8) is 0 Å². The number of hydrogen-bond acceptors (Lipinski definition) is 3. The van der Waals surface area contributed by atoms with Gasteiger partial charge in [0.2, 0.25) is 0 Å². The average molecular weight is 286 g/mol. The Morgan fingerprint density at radius 2 is 2.05 bits per heavy atom. The summed E-state index contributed by atoms with van der Waals surface area (Å²) in [5, 5.41) is 20.8. The van der Waals surface area contributed by atoms with Gasteiger partial charge in [-0.1, -0.05) is 13.8 Å². The molecule has 0 bridgehead atoms. The summed E-state index contributed by atoms with van der Waals surface area (Å²) in [4.78, 5) is 24.9. The predicted molar refractivity (Wildman–Crippen MR) is 75.5 cm³/mol. The zero-order valence-electron chi connectivity index (χ0n) is 12.3. The van der Waals surface area contributed by atoms with Gasteiger partial charge in [0.05, 0.1) is 6.42 Å². The highest BCUT2D eigenvalue weighted by atomic mass is 16.4. The van der Waals surface area contributed by atoms with E-state index in [1.807, 2.05) is 13.8 Å². The van der Waals surface area contributed by atoms with Gasteiger partial charge < -0.3 is 20.4 Å². The van der Waals surface area contributed by atoms with Crippen molar-refractivity contribution in [1.82, 2.24) is 10.2 Å². The van der Waals surface area contributed by atoms with Gasteiger partial charge in [0.1, 0.15) is 0 Å². The molecule has 0 radical (unpaired) electrons. The van der Waals surface area contributed by atoms with Crippen LogP contribution < -0.4 is 5.32 Å². The van der Waals surface area contributed by atoms with E-state index < -0.39 is 5.97 Å². The maximum Gasteiger partial charge on any atom is 0.317 e. The van der Waals surface area contributed by atoms with Gasteiger partial charge in [-0.15, -0.1) is 0 Å². The van der Waals surface area contributed by atoms with Crippen molar-refractivity contribution in [2.75, 3.05) is 13.2 Å². The van der Waals surface area contributed by atoms with Crippen LogP contribution in [0, 0.1) is 5.92 Å². The summed E-state index contributed by atoms with van der Waals surface area (Å²) >= 11 is 0. The second-order valence-electron chi connectivity index (χ2n) is 5.75. The molecule has 1 saturated heterocycles. The molecule has 1 rings (SSSR count). The van der Waals surface area contributed by atoms with E-state index in [-0.39, 0.29) is 37.1 Å². The molecule has 0 aromatic carbocycles. The first kappa shape index (κ1) is 16.8. The Morgan fingerprint density at radius 1 is 1.35 bits per heavy atom.